The van der Waals surface area contributed by atoms with E-state index in [2.05, 4.69) is 21.7 Å². The lowest BCUT2D eigenvalue weighted by molar-refractivity contribution is -0.130. The maximum Gasteiger partial charge on any atom is 0.227 e. The molecule has 2 aromatic rings. The number of amides is 1. The molecule has 0 N–H and O–H groups in total. The number of nitrogens with zero attached hydrogens (tertiary/aromatic N) is 4. The van der Waals surface area contributed by atoms with Crippen molar-refractivity contribution in [3.8, 4) is 0 Å². The summed E-state index contributed by atoms with van der Waals surface area (Å²) in [5.41, 5.74) is 0.983. The van der Waals surface area contributed by atoms with Crippen LogP contribution in [0.15, 0.2) is 30.6 Å². The molecule has 1 atom stereocenters. The van der Waals surface area contributed by atoms with Crippen molar-refractivity contribution in [2.24, 2.45) is 5.41 Å². The third-order valence-corrected chi connectivity index (χ3v) is 6.54. The smallest absolute Gasteiger partial charge is 0.227 e. The maximum absolute atomic E-state index is 13.2. The maximum atomic E-state index is 13.2. The molecule has 150 valence electrons. The first-order valence-corrected chi connectivity index (χ1v) is 10.5. The molecular weight excluding hydrogens is 355 g/mol. The molecule has 1 unspecified atom stereocenters. The van der Waals surface area contributed by atoms with E-state index >= 15 is 0 Å². The van der Waals surface area contributed by atoms with Crippen molar-refractivity contribution in [1.29, 1.82) is 0 Å². The first-order valence-electron chi connectivity index (χ1n) is 10.5. The third kappa shape index (κ3) is 3.69. The average molecular weight is 384 g/mol. The zero-order valence-corrected chi connectivity index (χ0v) is 16.6. The van der Waals surface area contributed by atoms with Gasteiger partial charge in [0, 0.05) is 25.6 Å². The quantitative estimate of drug-likeness (QED) is 0.784. The second-order valence-corrected chi connectivity index (χ2v) is 8.44. The van der Waals surface area contributed by atoms with E-state index in [4.69, 9.17) is 0 Å². The normalized spacial score (nSPS) is 21.4. The summed E-state index contributed by atoms with van der Waals surface area (Å²) in [5, 5.41) is 8.67. The predicted molar refractivity (Wildman–Crippen MR) is 105 cm³/mol. The predicted octanol–water partition coefficient (Wildman–Crippen LogP) is 3.95. The summed E-state index contributed by atoms with van der Waals surface area (Å²) < 4.78 is 15.3. The second kappa shape index (κ2) is 8.02. The molecule has 1 aromatic carbocycles. The second-order valence-electron chi connectivity index (χ2n) is 8.44. The molecule has 1 spiro atoms. The molecule has 1 aliphatic carbocycles. The number of benzene rings is 1. The lowest BCUT2D eigenvalue weighted by Gasteiger charge is -2.37. The van der Waals surface area contributed by atoms with Crippen LogP contribution in [0, 0.1) is 11.2 Å². The highest BCUT2D eigenvalue weighted by Gasteiger charge is 2.50. The number of hydrogen-bond acceptors (Lipinski definition) is 3. The number of likely N-dealkylation sites (tertiary alicyclic amines) is 1. The fourth-order valence-corrected chi connectivity index (χ4v) is 5.11. The molecule has 5 nitrogen and oxygen atoms in total. The molecule has 1 saturated heterocycles. The highest BCUT2D eigenvalue weighted by Crippen LogP contribution is 2.51. The van der Waals surface area contributed by atoms with E-state index < -0.39 is 0 Å². The van der Waals surface area contributed by atoms with Crippen LogP contribution in [-0.4, -0.2) is 38.7 Å². The number of carbonyl (C=O) groups excluding carboxylic acids is 1. The number of carbonyl (C=O) groups is 1. The highest BCUT2D eigenvalue weighted by molar-refractivity contribution is 5.79. The van der Waals surface area contributed by atoms with Crippen LogP contribution in [-0.2, 0) is 17.8 Å². The van der Waals surface area contributed by atoms with Crippen LogP contribution in [0.4, 0.5) is 4.39 Å². The van der Waals surface area contributed by atoms with Crippen LogP contribution in [0.25, 0.3) is 0 Å². The van der Waals surface area contributed by atoms with Crippen molar-refractivity contribution in [2.45, 2.75) is 64.3 Å². The lowest BCUT2D eigenvalue weighted by Crippen LogP contribution is -2.35. The van der Waals surface area contributed by atoms with Crippen molar-refractivity contribution in [3.63, 3.8) is 0 Å². The molecule has 2 heterocycles. The topological polar surface area (TPSA) is 51.0 Å². The molecule has 1 amide bonds. The molecule has 1 saturated carbocycles. The Balaban J connectivity index is 1.56. The van der Waals surface area contributed by atoms with Crippen LogP contribution in [0.2, 0.25) is 0 Å². The lowest BCUT2D eigenvalue weighted by atomic mass is 9.67. The molecular formula is C22H29FN4O. The molecule has 0 radical (unpaired) electrons. The zero-order chi connectivity index (χ0) is 19.6. The van der Waals surface area contributed by atoms with Crippen LogP contribution in [0.1, 0.15) is 62.8 Å². The van der Waals surface area contributed by atoms with Crippen LogP contribution >= 0.6 is 0 Å². The minimum absolute atomic E-state index is 0.120. The largest absolute Gasteiger partial charge is 0.341 e. The van der Waals surface area contributed by atoms with E-state index in [9.17, 15) is 9.18 Å². The van der Waals surface area contributed by atoms with Crippen molar-refractivity contribution in [1.82, 2.24) is 19.7 Å². The molecule has 28 heavy (non-hydrogen) atoms. The number of aromatic nitrogens is 3. The van der Waals surface area contributed by atoms with Gasteiger partial charge in [-0.1, -0.05) is 38.3 Å². The molecule has 1 aliphatic heterocycles. The number of halogens is 1. The van der Waals surface area contributed by atoms with Gasteiger partial charge in [-0.2, -0.15) is 0 Å². The molecule has 1 aromatic heterocycles. The van der Waals surface area contributed by atoms with Gasteiger partial charge in [0.25, 0.3) is 0 Å². The monoisotopic (exact) mass is 384 g/mol. The van der Waals surface area contributed by atoms with E-state index in [1.807, 2.05) is 11.2 Å². The average Bonchev–Trinajstić information content (AvgIpc) is 3.29. The fraction of sp³-hybridized carbons (Fsp3) is 0.591. The van der Waals surface area contributed by atoms with Crippen LogP contribution in [0.3, 0.4) is 0 Å². The van der Waals surface area contributed by atoms with Gasteiger partial charge >= 0.3 is 0 Å². The molecule has 0 bridgehead atoms. The van der Waals surface area contributed by atoms with E-state index in [0.29, 0.717) is 13.0 Å². The fourth-order valence-electron chi connectivity index (χ4n) is 5.11. The van der Waals surface area contributed by atoms with Gasteiger partial charge in [-0.3, -0.25) is 4.79 Å². The molecule has 4 rings (SSSR count). The number of hydrogen-bond donors (Lipinski definition) is 0. The van der Waals surface area contributed by atoms with E-state index in [1.165, 1.54) is 31.4 Å². The van der Waals surface area contributed by atoms with Crippen LogP contribution in [0.5, 0.6) is 0 Å². The Morgan fingerprint density at radius 3 is 2.68 bits per heavy atom. The SMILES string of the molecule is CCCn1cnnc1C1CN(C(=O)Cc2ccc(F)cc2)CC12CCCCC2. The molecule has 2 aliphatic rings. The summed E-state index contributed by atoms with van der Waals surface area (Å²) in [6, 6.07) is 6.25. The van der Waals surface area contributed by atoms with Crippen molar-refractivity contribution < 1.29 is 9.18 Å². The Morgan fingerprint density at radius 1 is 1.21 bits per heavy atom. The first kappa shape index (κ1) is 19.1. The van der Waals surface area contributed by atoms with Crippen molar-refractivity contribution in [3.05, 3.63) is 47.8 Å². The van der Waals surface area contributed by atoms with Gasteiger partial charge < -0.3 is 9.47 Å². The van der Waals surface area contributed by atoms with Crippen molar-refractivity contribution in [2.75, 3.05) is 13.1 Å². The summed E-state index contributed by atoms with van der Waals surface area (Å²) >= 11 is 0. The Kier molecular flexibility index (Phi) is 5.47. The molecule has 6 heteroatoms. The van der Waals surface area contributed by atoms with Gasteiger partial charge in [0.2, 0.25) is 5.91 Å². The number of rotatable bonds is 5. The van der Waals surface area contributed by atoms with E-state index in [1.54, 1.807) is 12.1 Å². The summed E-state index contributed by atoms with van der Waals surface area (Å²) in [5.74, 6) is 1.15. The first-order chi connectivity index (χ1) is 13.6. The van der Waals surface area contributed by atoms with E-state index in [-0.39, 0.29) is 23.1 Å². The van der Waals surface area contributed by atoms with Gasteiger partial charge in [0.15, 0.2) is 0 Å². The van der Waals surface area contributed by atoms with Gasteiger partial charge in [-0.25, -0.2) is 4.39 Å². The van der Waals surface area contributed by atoms with Gasteiger partial charge in [-0.05, 0) is 42.4 Å². The Bertz CT molecular complexity index is 810. The Morgan fingerprint density at radius 2 is 1.96 bits per heavy atom. The standard InChI is InChI=1S/C22H29FN4O/c1-2-12-26-16-24-25-21(26)19-14-27(15-22(19)10-4-3-5-11-22)20(28)13-17-6-8-18(23)9-7-17/h6-9,16,19H,2-5,10-15H2,1H3. The van der Waals surface area contributed by atoms with Gasteiger partial charge in [0.1, 0.15) is 18.0 Å². The van der Waals surface area contributed by atoms with Crippen LogP contribution < -0.4 is 0 Å². The van der Waals surface area contributed by atoms with Crippen molar-refractivity contribution >= 4 is 5.91 Å². The van der Waals surface area contributed by atoms with Gasteiger partial charge in [0.05, 0.1) is 6.42 Å². The van der Waals surface area contributed by atoms with Gasteiger partial charge in [-0.15, -0.1) is 10.2 Å². The Labute approximate surface area is 165 Å². The summed E-state index contributed by atoms with van der Waals surface area (Å²) in [7, 11) is 0. The zero-order valence-electron chi connectivity index (χ0n) is 16.6. The highest BCUT2D eigenvalue weighted by atomic mass is 19.1. The summed E-state index contributed by atoms with van der Waals surface area (Å²) in [6.07, 6.45) is 9.21. The summed E-state index contributed by atoms with van der Waals surface area (Å²) in [6.45, 7) is 4.59. The Hall–Kier alpha value is -2.24. The number of aryl methyl sites for hydroxylation is 1. The minimum atomic E-state index is -0.270. The third-order valence-electron chi connectivity index (χ3n) is 6.54. The molecule has 2 fully saturated rings. The minimum Gasteiger partial charge on any atom is -0.341 e. The summed E-state index contributed by atoms with van der Waals surface area (Å²) in [4.78, 5) is 15.1. The van der Waals surface area contributed by atoms with E-state index in [0.717, 1.165) is 43.7 Å².